The molecule has 0 unspecified atom stereocenters. The van der Waals surface area contributed by atoms with E-state index in [9.17, 15) is 15.0 Å². The molecule has 0 bridgehead atoms. The standard InChI is InChI=1S/C15H18ClNO3/c1-5-17-7-8(15(2,3)4)13(19)11-9(17)6-10(18)14(20)12(11)16/h6-7,18,20H,5H2,1-4H3. The lowest BCUT2D eigenvalue weighted by atomic mass is 9.87. The summed E-state index contributed by atoms with van der Waals surface area (Å²) in [5.41, 5.74) is 0.598. The number of phenolic OH excluding ortho intramolecular Hbond substituents is 2. The highest BCUT2D eigenvalue weighted by molar-refractivity contribution is 6.37. The number of fused-ring (bicyclic) bond motifs is 1. The maximum absolute atomic E-state index is 12.6. The van der Waals surface area contributed by atoms with Crippen LogP contribution in [-0.2, 0) is 12.0 Å². The maximum atomic E-state index is 12.6. The van der Waals surface area contributed by atoms with Crippen molar-refractivity contribution < 1.29 is 10.2 Å². The third-order valence-electron chi connectivity index (χ3n) is 3.41. The molecule has 5 heteroatoms. The van der Waals surface area contributed by atoms with Crippen LogP contribution < -0.4 is 5.43 Å². The SMILES string of the molecule is CCn1cc(C(C)(C)C)c(=O)c2c(Cl)c(O)c(O)cc21. The van der Waals surface area contributed by atoms with E-state index in [0.717, 1.165) is 0 Å². The summed E-state index contributed by atoms with van der Waals surface area (Å²) in [5.74, 6) is -0.780. The monoisotopic (exact) mass is 295 g/mol. The highest BCUT2D eigenvalue weighted by atomic mass is 35.5. The van der Waals surface area contributed by atoms with Crippen LogP contribution in [0.3, 0.4) is 0 Å². The van der Waals surface area contributed by atoms with Crippen molar-refractivity contribution in [3.63, 3.8) is 0 Å². The summed E-state index contributed by atoms with van der Waals surface area (Å²) in [6, 6.07) is 1.37. The van der Waals surface area contributed by atoms with Gasteiger partial charge in [-0.25, -0.2) is 0 Å². The van der Waals surface area contributed by atoms with Crippen LogP contribution in [0.4, 0.5) is 0 Å². The predicted octanol–water partition coefficient (Wildman–Crippen LogP) is 3.38. The Bertz CT molecular complexity index is 742. The average Bonchev–Trinajstić information content (AvgIpc) is 2.34. The number of hydrogen-bond donors (Lipinski definition) is 2. The molecule has 1 heterocycles. The Labute approximate surface area is 122 Å². The number of aromatic hydroxyl groups is 2. The molecule has 0 amide bonds. The van der Waals surface area contributed by atoms with Crippen molar-refractivity contribution in [2.75, 3.05) is 0 Å². The van der Waals surface area contributed by atoms with Crippen LogP contribution in [0.2, 0.25) is 5.02 Å². The molecule has 2 N–H and O–H groups in total. The number of phenols is 2. The minimum Gasteiger partial charge on any atom is -0.504 e. The smallest absolute Gasteiger partial charge is 0.194 e. The molecule has 1 aromatic heterocycles. The molecule has 0 fully saturated rings. The molecule has 20 heavy (non-hydrogen) atoms. The minimum absolute atomic E-state index is 0.0988. The summed E-state index contributed by atoms with van der Waals surface area (Å²) in [6.07, 6.45) is 1.79. The van der Waals surface area contributed by atoms with Crippen LogP contribution in [-0.4, -0.2) is 14.8 Å². The second-order valence-corrected chi connectivity index (χ2v) is 6.24. The predicted molar refractivity (Wildman–Crippen MR) is 80.9 cm³/mol. The largest absolute Gasteiger partial charge is 0.504 e. The zero-order chi connectivity index (χ0) is 15.2. The molecule has 2 aromatic rings. The van der Waals surface area contributed by atoms with Gasteiger partial charge in [-0.05, 0) is 12.3 Å². The first-order valence-corrected chi connectivity index (χ1v) is 6.84. The summed E-state index contributed by atoms with van der Waals surface area (Å²) in [4.78, 5) is 12.6. The summed E-state index contributed by atoms with van der Waals surface area (Å²) >= 11 is 6.06. The number of rotatable bonds is 1. The summed E-state index contributed by atoms with van der Waals surface area (Å²) in [7, 11) is 0. The molecule has 1 aromatic carbocycles. The quantitative estimate of drug-likeness (QED) is 0.793. The topological polar surface area (TPSA) is 62.5 Å². The molecular weight excluding hydrogens is 278 g/mol. The number of benzene rings is 1. The van der Waals surface area contributed by atoms with Crippen molar-refractivity contribution in [2.45, 2.75) is 39.7 Å². The van der Waals surface area contributed by atoms with Gasteiger partial charge in [0.15, 0.2) is 16.9 Å². The Morgan fingerprint density at radius 1 is 1.30 bits per heavy atom. The van der Waals surface area contributed by atoms with E-state index < -0.39 is 5.75 Å². The molecule has 0 saturated carbocycles. The fourth-order valence-corrected chi connectivity index (χ4v) is 2.55. The average molecular weight is 296 g/mol. The summed E-state index contributed by atoms with van der Waals surface area (Å²) < 4.78 is 1.85. The molecule has 108 valence electrons. The number of pyridine rings is 1. The maximum Gasteiger partial charge on any atom is 0.194 e. The lowest BCUT2D eigenvalue weighted by Gasteiger charge is -2.21. The van der Waals surface area contributed by atoms with Crippen LogP contribution in [0.1, 0.15) is 33.3 Å². The molecule has 0 aliphatic carbocycles. The van der Waals surface area contributed by atoms with Crippen molar-refractivity contribution in [1.82, 2.24) is 4.57 Å². The number of halogens is 1. The lowest BCUT2D eigenvalue weighted by Crippen LogP contribution is -2.25. The van der Waals surface area contributed by atoms with Gasteiger partial charge in [0.25, 0.3) is 0 Å². The van der Waals surface area contributed by atoms with E-state index in [1.165, 1.54) is 6.07 Å². The second kappa shape index (κ2) is 4.70. The van der Waals surface area contributed by atoms with Crippen molar-refractivity contribution in [2.24, 2.45) is 0 Å². The second-order valence-electron chi connectivity index (χ2n) is 5.86. The third kappa shape index (κ3) is 2.14. The van der Waals surface area contributed by atoms with Crippen LogP contribution in [0, 0.1) is 0 Å². The molecule has 0 spiro atoms. The van der Waals surface area contributed by atoms with Gasteiger partial charge < -0.3 is 14.8 Å². The van der Waals surface area contributed by atoms with E-state index in [2.05, 4.69) is 0 Å². The first-order valence-electron chi connectivity index (χ1n) is 6.46. The van der Waals surface area contributed by atoms with Gasteiger partial charge in [0, 0.05) is 24.4 Å². The van der Waals surface area contributed by atoms with Gasteiger partial charge in [-0.15, -0.1) is 0 Å². The van der Waals surface area contributed by atoms with Crippen molar-refractivity contribution in [3.8, 4) is 11.5 Å². The van der Waals surface area contributed by atoms with Crippen molar-refractivity contribution >= 4 is 22.5 Å². The van der Waals surface area contributed by atoms with Crippen molar-refractivity contribution in [1.29, 1.82) is 0 Å². The molecule has 0 aliphatic heterocycles. The molecule has 0 radical (unpaired) electrons. The lowest BCUT2D eigenvalue weighted by molar-refractivity contribution is 0.404. The van der Waals surface area contributed by atoms with E-state index in [0.29, 0.717) is 17.6 Å². The molecule has 4 nitrogen and oxygen atoms in total. The van der Waals surface area contributed by atoms with Gasteiger partial charge in [-0.1, -0.05) is 32.4 Å². The van der Waals surface area contributed by atoms with Gasteiger partial charge in [0.2, 0.25) is 0 Å². The number of hydrogen-bond acceptors (Lipinski definition) is 3. The highest BCUT2D eigenvalue weighted by Crippen LogP contribution is 2.38. The van der Waals surface area contributed by atoms with E-state index >= 15 is 0 Å². The van der Waals surface area contributed by atoms with Gasteiger partial charge >= 0.3 is 0 Å². The zero-order valence-electron chi connectivity index (χ0n) is 12.0. The molecule has 0 saturated heterocycles. The van der Waals surface area contributed by atoms with Crippen LogP contribution in [0.25, 0.3) is 10.9 Å². The van der Waals surface area contributed by atoms with E-state index in [1.54, 1.807) is 6.20 Å². The van der Waals surface area contributed by atoms with Gasteiger partial charge in [-0.3, -0.25) is 4.79 Å². The molecule has 0 aliphatic rings. The summed E-state index contributed by atoms with van der Waals surface area (Å²) in [5, 5.41) is 19.6. The molecular formula is C15H18ClNO3. The third-order valence-corrected chi connectivity index (χ3v) is 3.78. The van der Waals surface area contributed by atoms with Crippen LogP contribution in [0.5, 0.6) is 11.5 Å². The van der Waals surface area contributed by atoms with E-state index in [-0.39, 0.29) is 27.0 Å². The first kappa shape index (κ1) is 14.7. The van der Waals surface area contributed by atoms with Gasteiger partial charge in [0.1, 0.15) is 0 Å². The number of nitrogens with zero attached hydrogens (tertiary/aromatic N) is 1. The summed E-state index contributed by atoms with van der Waals surface area (Å²) in [6.45, 7) is 8.41. The highest BCUT2D eigenvalue weighted by Gasteiger charge is 2.23. The van der Waals surface area contributed by atoms with Crippen LogP contribution >= 0.6 is 11.6 Å². The zero-order valence-corrected chi connectivity index (χ0v) is 12.7. The normalized spacial score (nSPS) is 12.1. The Balaban J connectivity index is 3.07. The number of aryl methyl sites for hydroxylation is 1. The number of aromatic nitrogens is 1. The Morgan fingerprint density at radius 2 is 1.90 bits per heavy atom. The fourth-order valence-electron chi connectivity index (χ4n) is 2.27. The van der Waals surface area contributed by atoms with Gasteiger partial charge in [-0.2, -0.15) is 0 Å². The van der Waals surface area contributed by atoms with E-state index in [1.807, 2.05) is 32.3 Å². The van der Waals surface area contributed by atoms with Gasteiger partial charge in [0.05, 0.1) is 15.9 Å². The van der Waals surface area contributed by atoms with Crippen LogP contribution in [0.15, 0.2) is 17.1 Å². The Hall–Kier alpha value is -1.68. The van der Waals surface area contributed by atoms with Crippen molar-refractivity contribution in [3.05, 3.63) is 33.1 Å². The van der Waals surface area contributed by atoms with E-state index in [4.69, 9.17) is 11.6 Å². The molecule has 0 atom stereocenters. The fraction of sp³-hybridized carbons (Fsp3) is 0.400. The molecule has 2 rings (SSSR count). The first-order chi connectivity index (χ1) is 9.18. The Morgan fingerprint density at radius 3 is 2.40 bits per heavy atom. The minimum atomic E-state index is -0.454. The Kier molecular flexibility index (Phi) is 3.46.